The number of amides is 1. The van der Waals surface area contributed by atoms with Crippen LogP contribution >= 0.6 is 0 Å². The van der Waals surface area contributed by atoms with Crippen molar-refractivity contribution in [2.45, 2.75) is 57.7 Å². The summed E-state index contributed by atoms with van der Waals surface area (Å²) in [5.74, 6) is 0.146. The van der Waals surface area contributed by atoms with E-state index in [1.807, 2.05) is 21.0 Å². The molecule has 2 aliphatic rings. The summed E-state index contributed by atoms with van der Waals surface area (Å²) in [6.07, 6.45) is 3.04. The third-order valence-electron chi connectivity index (χ3n) is 5.45. The van der Waals surface area contributed by atoms with Crippen molar-refractivity contribution in [2.75, 3.05) is 27.2 Å². The first-order valence-corrected chi connectivity index (χ1v) is 8.07. The first-order chi connectivity index (χ1) is 9.71. The van der Waals surface area contributed by atoms with Crippen molar-refractivity contribution < 1.29 is 9.53 Å². The normalized spacial score (nSPS) is 35.8. The molecule has 0 aromatic heterocycles. The van der Waals surface area contributed by atoms with E-state index in [0.29, 0.717) is 0 Å². The standard InChI is InChI=1S/C16H31N3O2/c1-11(8-9-19(4)5)18-14(20)16(17)12-7-6-10-21-13(12)15(16,2)3/h11-13H,6-10,17H2,1-5H3,(H,18,20). The Morgan fingerprint density at radius 3 is 2.76 bits per heavy atom. The number of hydrogen-bond acceptors (Lipinski definition) is 4. The Morgan fingerprint density at radius 1 is 1.48 bits per heavy atom. The summed E-state index contributed by atoms with van der Waals surface area (Å²) in [6, 6.07) is 0.139. The number of fused-ring (bicyclic) bond motifs is 1. The molecular formula is C16H31N3O2. The lowest BCUT2D eigenvalue weighted by Gasteiger charge is -2.65. The van der Waals surface area contributed by atoms with Gasteiger partial charge in [0.05, 0.1) is 6.10 Å². The Morgan fingerprint density at radius 2 is 2.14 bits per heavy atom. The number of nitrogens with zero attached hydrogens (tertiary/aromatic N) is 1. The second-order valence-corrected chi connectivity index (χ2v) is 7.60. The van der Waals surface area contributed by atoms with Crippen LogP contribution < -0.4 is 11.1 Å². The highest BCUT2D eigenvalue weighted by Crippen LogP contribution is 2.57. The Balaban J connectivity index is 2.00. The maximum Gasteiger partial charge on any atom is 0.241 e. The minimum atomic E-state index is -0.801. The van der Waals surface area contributed by atoms with Crippen LogP contribution in [0.25, 0.3) is 0 Å². The zero-order chi connectivity index (χ0) is 15.8. The van der Waals surface area contributed by atoms with Gasteiger partial charge in [-0.3, -0.25) is 4.79 Å². The molecule has 0 spiro atoms. The minimum absolute atomic E-state index is 0.00879. The van der Waals surface area contributed by atoms with Gasteiger partial charge in [-0.05, 0) is 46.8 Å². The van der Waals surface area contributed by atoms with E-state index in [9.17, 15) is 4.79 Å². The first kappa shape index (κ1) is 16.7. The minimum Gasteiger partial charge on any atom is -0.377 e. The Bertz CT molecular complexity index is 397. The van der Waals surface area contributed by atoms with Gasteiger partial charge in [0.25, 0.3) is 0 Å². The topological polar surface area (TPSA) is 67.6 Å². The van der Waals surface area contributed by atoms with E-state index in [-0.39, 0.29) is 29.4 Å². The molecule has 1 aliphatic carbocycles. The molecule has 4 unspecified atom stereocenters. The lowest BCUT2D eigenvalue weighted by atomic mass is 9.46. The number of ether oxygens (including phenoxy) is 1. The summed E-state index contributed by atoms with van der Waals surface area (Å²) in [5, 5.41) is 3.12. The fraction of sp³-hybridized carbons (Fsp3) is 0.938. The van der Waals surface area contributed by atoms with Crippen LogP contribution in [0.3, 0.4) is 0 Å². The van der Waals surface area contributed by atoms with Crippen LogP contribution in [0.4, 0.5) is 0 Å². The molecule has 4 atom stereocenters. The van der Waals surface area contributed by atoms with Crippen molar-refractivity contribution >= 4 is 5.91 Å². The van der Waals surface area contributed by atoms with E-state index in [2.05, 4.69) is 24.1 Å². The van der Waals surface area contributed by atoms with Gasteiger partial charge in [-0.2, -0.15) is 0 Å². The molecule has 0 aromatic rings. The molecule has 0 bridgehead atoms. The van der Waals surface area contributed by atoms with Gasteiger partial charge in [0, 0.05) is 24.0 Å². The third-order valence-corrected chi connectivity index (χ3v) is 5.45. The second-order valence-electron chi connectivity index (χ2n) is 7.60. The zero-order valence-electron chi connectivity index (χ0n) is 14.1. The molecule has 0 aromatic carbocycles. The van der Waals surface area contributed by atoms with Crippen molar-refractivity contribution in [2.24, 2.45) is 17.1 Å². The third kappa shape index (κ3) is 2.71. The van der Waals surface area contributed by atoms with Crippen molar-refractivity contribution in [1.29, 1.82) is 0 Å². The van der Waals surface area contributed by atoms with Gasteiger partial charge in [-0.25, -0.2) is 0 Å². The molecule has 2 fully saturated rings. The molecular weight excluding hydrogens is 266 g/mol. The molecule has 1 saturated heterocycles. The Labute approximate surface area is 128 Å². The molecule has 0 radical (unpaired) electrons. The molecule has 21 heavy (non-hydrogen) atoms. The summed E-state index contributed by atoms with van der Waals surface area (Å²) >= 11 is 0. The predicted molar refractivity (Wildman–Crippen MR) is 83.9 cm³/mol. The van der Waals surface area contributed by atoms with Crippen LogP contribution in [0.15, 0.2) is 0 Å². The van der Waals surface area contributed by atoms with Crippen molar-refractivity contribution in [3.8, 4) is 0 Å². The van der Waals surface area contributed by atoms with E-state index < -0.39 is 5.54 Å². The van der Waals surface area contributed by atoms with Crippen LogP contribution in [0.2, 0.25) is 0 Å². The highest BCUT2D eigenvalue weighted by Gasteiger charge is 2.70. The Kier molecular flexibility index (Phi) is 4.66. The Hall–Kier alpha value is -0.650. The maximum atomic E-state index is 12.8. The van der Waals surface area contributed by atoms with E-state index in [0.717, 1.165) is 32.4 Å². The van der Waals surface area contributed by atoms with E-state index >= 15 is 0 Å². The summed E-state index contributed by atoms with van der Waals surface area (Å²) in [7, 11) is 4.08. The fourth-order valence-corrected chi connectivity index (χ4v) is 3.90. The van der Waals surface area contributed by atoms with Gasteiger partial charge in [0.1, 0.15) is 5.54 Å². The van der Waals surface area contributed by atoms with Crippen molar-refractivity contribution in [1.82, 2.24) is 10.2 Å². The number of nitrogens with one attached hydrogen (secondary N) is 1. The van der Waals surface area contributed by atoms with Crippen molar-refractivity contribution in [3.05, 3.63) is 0 Å². The molecule has 1 saturated carbocycles. The van der Waals surface area contributed by atoms with Gasteiger partial charge in [-0.1, -0.05) is 13.8 Å². The first-order valence-electron chi connectivity index (χ1n) is 8.07. The lowest BCUT2D eigenvalue weighted by Crippen LogP contribution is -2.82. The van der Waals surface area contributed by atoms with Gasteiger partial charge in [0.15, 0.2) is 0 Å². The summed E-state index contributed by atoms with van der Waals surface area (Å²) in [5.41, 5.74) is 5.48. The van der Waals surface area contributed by atoms with E-state index in [1.54, 1.807) is 0 Å². The van der Waals surface area contributed by atoms with Gasteiger partial charge >= 0.3 is 0 Å². The highest BCUT2D eigenvalue weighted by molar-refractivity contribution is 5.89. The SMILES string of the molecule is CC(CCN(C)C)NC(=O)C1(N)C2CCCOC2C1(C)C. The van der Waals surface area contributed by atoms with Gasteiger partial charge in [0.2, 0.25) is 5.91 Å². The largest absolute Gasteiger partial charge is 0.377 e. The molecule has 5 nitrogen and oxygen atoms in total. The average molecular weight is 297 g/mol. The maximum absolute atomic E-state index is 12.8. The number of nitrogens with two attached hydrogens (primary N) is 1. The monoisotopic (exact) mass is 297 g/mol. The number of carbonyl (C=O) groups is 1. The molecule has 1 aliphatic heterocycles. The van der Waals surface area contributed by atoms with Gasteiger partial charge in [-0.15, -0.1) is 0 Å². The van der Waals surface area contributed by atoms with Crippen LogP contribution in [-0.2, 0) is 9.53 Å². The molecule has 3 N–H and O–H groups in total. The zero-order valence-corrected chi connectivity index (χ0v) is 14.1. The second kappa shape index (κ2) is 5.86. The molecule has 122 valence electrons. The summed E-state index contributed by atoms with van der Waals surface area (Å²) < 4.78 is 5.86. The van der Waals surface area contributed by atoms with Gasteiger partial charge < -0.3 is 20.7 Å². The van der Waals surface area contributed by atoms with Crippen molar-refractivity contribution in [3.63, 3.8) is 0 Å². The molecule has 1 heterocycles. The fourth-order valence-electron chi connectivity index (χ4n) is 3.90. The van der Waals surface area contributed by atoms with Crippen LogP contribution in [0.1, 0.15) is 40.0 Å². The van der Waals surface area contributed by atoms with E-state index in [4.69, 9.17) is 10.5 Å². The number of rotatable bonds is 5. The highest BCUT2D eigenvalue weighted by atomic mass is 16.5. The average Bonchev–Trinajstić information content (AvgIpc) is 2.44. The predicted octanol–water partition coefficient (Wildman–Crippen LogP) is 0.975. The number of carbonyl (C=O) groups excluding carboxylic acids is 1. The van der Waals surface area contributed by atoms with E-state index in [1.165, 1.54) is 0 Å². The lowest BCUT2D eigenvalue weighted by molar-refractivity contribution is -0.225. The quantitative estimate of drug-likeness (QED) is 0.794. The van der Waals surface area contributed by atoms with Crippen LogP contribution in [0, 0.1) is 11.3 Å². The molecule has 1 amide bonds. The van der Waals surface area contributed by atoms with Crippen LogP contribution in [-0.4, -0.2) is 55.7 Å². The smallest absolute Gasteiger partial charge is 0.241 e. The molecule has 5 heteroatoms. The van der Waals surface area contributed by atoms with Crippen LogP contribution in [0.5, 0.6) is 0 Å². The number of hydrogen-bond donors (Lipinski definition) is 2. The summed E-state index contributed by atoms with van der Waals surface area (Å²) in [4.78, 5) is 14.9. The molecule has 2 rings (SSSR count). The summed E-state index contributed by atoms with van der Waals surface area (Å²) in [6.45, 7) is 7.91.